The van der Waals surface area contributed by atoms with E-state index in [9.17, 15) is 14.0 Å². The number of H-pyrrole nitrogens is 1. The minimum absolute atomic E-state index is 0.242. The van der Waals surface area contributed by atoms with Gasteiger partial charge in [0.25, 0.3) is 11.5 Å². The molecule has 0 bridgehead atoms. The highest BCUT2D eigenvalue weighted by molar-refractivity contribution is 7.97. The number of aromatic nitrogens is 2. The third-order valence-corrected chi connectivity index (χ3v) is 5.80. The number of hydrogen-bond acceptors (Lipinski definition) is 5. The van der Waals surface area contributed by atoms with E-state index in [1.54, 1.807) is 43.8 Å². The fourth-order valence-electron chi connectivity index (χ4n) is 2.78. The molecule has 0 spiro atoms. The maximum absolute atomic E-state index is 13.9. The molecule has 1 unspecified atom stereocenters. The van der Waals surface area contributed by atoms with Gasteiger partial charge in [0, 0.05) is 5.56 Å². The SMILES string of the molecule is CSCc1nc2sc(C(=O)NC(C)c3ccccc3F)c(C)c2c(=O)[nH]1. The number of thioether (sulfide) groups is 1. The quantitative estimate of drug-likeness (QED) is 0.694. The third kappa shape index (κ3) is 3.52. The molecule has 0 aliphatic carbocycles. The number of rotatable bonds is 5. The lowest BCUT2D eigenvalue weighted by molar-refractivity contribution is 0.0943. The van der Waals surface area contributed by atoms with Crippen molar-refractivity contribution in [1.82, 2.24) is 15.3 Å². The van der Waals surface area contributed by atoms with Crippen molar-refractivity contribution in [2.24, 2.45) is 0 Å². The summed E-state index contributed by atoms with van der Waals surface area (Å²) in [5.41, 5.74) is 0.763. The molecule has 1 atom stereocenters. The Labute approximate surface area is 158 Å². The predicted molar refractivity (Wildman–Crippen MR) is 104 cm³/mol. The number of nitrogens with one attached hydrogen (secondary N) is 2. The van der Waals surface area contributed by atoms with Gasteiger partial charge < -0.3 is 10.3 Å². The lowest BCUT2D eigenvalue weighted by Gasteiger charge is -2.14. The van der Waals surface area contributed by atoms with Crippen molar-refractivity contribution in [1.29, 1.82) is 0 Å². The van der Waals surface area contributed by atoms with Crippen molar-refractivity contribution < 1.29 is 9.18 Å². The molecule has 0 saturated carbocycles. The van der Waals surface area contributed by atoms with Crippen molar-refractivity contribution in [3.05, 3.63) is 62.3 Å². The third-order valence-electron chi connectivity index (χ3n) is 4.06. The Bertz CT molecular complexity index is 1030. The van der Waals surface area contributed by atoms with E-state index in [4.69, 9.17) is 0 Å². The monoisotopic (exact) mass is 391 g/mol. The van der Waals surface area contributed by atoms with Gasteiger partial charge in [-0.3, -0.25) is 9.59 Å². The summed E-state index contributed by atoms with van der Waals surface area (Å²) < 4.78 is 13.9. The first-order chi connectivity index (χ1) is 12.4. The zero-order valence-electron chi connectivity index (χ0n) is 14.6. The van der Waals surface area contributed by atoms with E-state index in [0.29, 0.717) is 37.8 Å². The molecule has 0 aliphatic rings. The summed E-state index contributed by atoms with van der Waals surface area (Å²) in [7, 11) is 0. The number of thiophene rings is 1. The molecule has 3 rings (SSSR count). The molecule has 26 heavy (non-hydrogen) atoms. The Morgan fingerprint density at radius 3 is 2.85 bits per heavy atom. The topological polar surface area (TPSA) is 74.8 Å². The summed E-state index contributed by atoms with van der Waals surface area (Å²) in [5.74, 6) is 0.469. The van der Waals surface area contributed by atoms with Crippen molar-refractivity contribution in [2.75, 3.05) is 6.26 Å². The van der Waals surface area contributed by atoms with Crippen molar-refractivity contribution in [2.45, 2.75) is 25.6 Å². The molecule has 1 amide bonds. The lowest BCUT2D eigenvalue weighted by atomic mass is 10.1. The van der Waals surface area contributed by atoms with Crippen molar-refractivity contribution >= 4 is 39.2 Å². The molecule has 0 aliphatic heterocycles. The van der Waals surface area contributed by atoms with Gasteiger partial charge in [-0.25, -0.2) is 9.37 Å². The number of halogens is 1. The molecule has 5 nitrogen and oxygen atoms in total. The van der Waals surface area contributed by atoms with Crippen LogP contribution in [0.4, 0.5) is 4.39 Å². The predicted octanol–water partition coefficient (Wildman–Crippen LogP) is 3.79. The normalized spacial score (nSPS) is 12.3. The molecule has 2 heterocycles. The van der Waals surface area contributed by atoms with E-state index in [2.05, 4.69) is 15.3 Å². The Hall–Kier alpha value is -2.19. The van der Waals surface area contributed by atoms with Crippen LogP contribution in [0.25, 0.3) is 10.2 Å². The van der Waals surface area contributed by atoms with Crippen LogP contribution in [-0.2, 0) is 5.75 Å². The van der Waals surface area contributed by atoms with Gasteiger partial charge in [-0.15, -0.1) is 11.3 Å². The molecule has 0 saturated heterocycles. The number of benzene rings is 1. The molecule has 2 N–H and O–H groups in total. The smallest absolute Gasteiger partial charge is 0.262 e. The van der Waals surface area contributed by atoms with Crippen LogP contribution in [0.1, 0.15) is 39.6 Å². The first kappa shape index (κ1) is 18.6. The summed E-state index contributed by atoms with van der Waals surface area (Å²) in [4.78, 5) is 33.2. The van der Waals surface area contributed by atoms with Gasteiger partial charge in [0.15, 0.2) is 0 Å². The summed E-state index contributed by atoms with van der Waals surface area (Å²) in [6, 6.07) is 5.83. The second-order valence-electron chi connectivity index (χ2n) is 5.90. The Kier molecular flexibility index (Phi) is 5.43. The highest BCUT2D eigenvalue weighted by Crippen LogP contribution is 2.28. The molecule has 0 radical (unpaired) electrons. The Balaban J connectivity index is 1.93. The van der Waals surface area contributed by atoms with E-state index < -0.39 is 6.04 Å². The average Bonchev–Trinajstić information content (AvgIpc) is 2.92. The summed E-state index contributed by atoms with van der Waals surface area (Å²) in [6.07, 6.45) is 1.92. The number of aromatic amines is 1. The number of fused-ring (bicyclic) bond motifs is 1. The number of nitrogens with zero attached hydrogens (tertiary/aromatic N) is 1. The molecule has 3 aromatic rings. The van der Waals surface area contributed by atoms with Crippen molar-refractivity contribution in [3.63, 3.8) is 0 Å². The first-order valence-electron chi connectivity index (χ1n) is 7.99. The van der Waals surface area contributed by atoms with Gasteiger partial charge >= 0.3 is 0 Å². The van der Waals surface area contributed by atoms with Crippen LogP contribution in [-0.4, -0.2) is 22.1 Å². The fourth-order valence-corrected chi connectivity index (χ4v) is 4.29. The van der Waals surface area contributed by atoms with E-state index in [0.717, 1.165) is 0 Å². The largest absolute Gasteiger partial charge is 0.345 e. The van der Waals surface area contributed by atoms with Gasteiger partial charge in [-0.1, -0.05) is 18.2 Å². The van der Waals surface area contributed by atoms with E-state index in [1.165, 1.54) is 17.4 Å². The summed E-state index contributed by atoms with van der Waals surface area (Å²) in [6.45, 7) is 3.45. The number of amides is 1. The van der Waals surface area contributed by atoms with E-state index >= 15 is 0 Å². The highest BCUT2D eigenvalue weighted by Gasteiger charge is 2.21. The molecule has 136 valence electrons. The summed E-state index contributed by atoms with van der Waals surface area (Å²) >= 11 is 2.74. The average molecular weight is 391 g/mol. The number of hydrogen-bond donors (Lipinski definition) is 2. The molecule has 1 aromatic carbocycles. The van der Waals surface area contributed by atoms with Crippen LogP contribution in [0.2, 0.25) is 0 Å². The van der Waals surface area contributed by atoms with Gasteiger partial charge in [0.2, 0.25) is 0 Å². The standard InChI is InChI=1S/C18H18FN3O2S2/c1-9-14-16(23)21-13(8-25-3)22-18(14)26-15(9)17(24)20-10(2)11-6-4-5-7-12(11)19/h4-7,10H,8H2,1-3H3,(H,20,24)(H,21,22,23). The molecular weight excluding hydrogens is 373 g/mol. The fraction of sp³-hybridized carbons (Fsp3) is 0.278. The van der Waals surface area contributed by atoms with Crippen LogP contribution in [0, 0.1) is 12.7 Å². The number of carbonyl (C=O) groups is 1. The molecular formula is C18H18FN3O2S2. The molecule has 2 aromatic heterocycles. The lowest BCUT2D eigenvalue weighted by Crippen LogP contribution is -2.27. The highest BCUT2D eigenvalue weighted by atomic mass is 32.2. The van der Waals surface area contributed by atoms with Gasteiger partial charge in [0.05, 0.1) is 22.1 Å². The number of aryl methyl sites for hydroxylation is 1. The zero-order valence-corrected chi connectivity index (χ0v) is 16.2. The molecule has 0 fully saturated rings. The van der Waals surface area contributed by atoms with Crippen molar-refractivity contribution in [3.8, 4) is 0 Å². The van der Waals surface area contributed by atoms with E-state index in [1.807, 2.05) is 6.26 Å². The van der Waals surface area contributed by atoms with Gasteiger partial charge in [-0.2, -0.15) is 11.8 Å². The van der Waals surface area contributed by atoms with Crippen LogP contribution in [0.3, 0.4) is 0 Å². The summed E-state index contributed by atoms with van der Waals surface area (Å²) in [5, 5.41) is 3.24. The van der Waals surface area contributed by atoms with Crippen LogP contribution in [0.5, 0.6) is 0 Å². The number of carbonyl (C=O) groups excluding carboxylic acids is 1. The second kappa shape index (κ2) is 7.59. The Morgan fingerprint density at radius 1 is 1.42 bits per heavy atom. The van der Waals surface area contributed by atoms with Gasteiger partial charge in [0.1, 0.15) is 16.5 Å². The Morgan fingerprint density at radius 2 is 2.15 bits per heavy atom. The van der Waals surface area contributed by atoms with Crippen LogP contribution in [0.15, 0.2) is 29.1 Å². The maximum Gasteiger partial charge on any atom is 0.262 e. The minimum Gasteiger partial charge on any atom is -0.345 e. The van der Waals surface area contributed by atoms with Gasteiger partial charge in [-0.05, 0) is 31.7 Å². The van der Waals surface area contributed by atoms with Crippen LogP contribution >= 0.6 is 23.1 Å². The van der Waals surface area contributed by atoms with E-state index in [-0.39, 0.29) is 17.3 Å². The first-order valence-corrected chi connectivity index (χ1v) is 10.2. The maximum atomic E-state index is 13.9. The molecule has 8 heteroatoms. The second-order valence-corrected chi connectivity index (χ2v) is 7.76. The minimum atomic E-state index is -0.494. The zero-order chi connectivity index (χ0) is 18.8. The van der Waals surface area contributed by atoms with Crippen LogP contribution < -0.4 is 10.9 Å².